The van der Waals surface area contributed by atoms with Crippen LogP contribution in [-0.2, 0) is 9.53 Å². The monoisotopic (exact) mass is 196 g/mol. The normalized spacial score (nSPS) is 11.9. The van der Waals surface area contributed by atoms with Crippen molar-refractivity contribution in [1.29, 1.82) is 0 Å². The average Bonchev–Trinajstić information content (AvgIpc) is 2.26. The van der Waals surface area contributed by atoms with Gasteiger partial charge in [-0.1, -0.05) is 18.2 Å². The number of benzene rings is 1. The summed E-state index contributed by atoms with van der Waals surface area (Å²) in [5.41, 5.74) is 0. The highest BCUT2D eigenvalue weighted by molar-refractivity contribution is 5.74. The molecule has 0 saturated carbocycles. The first-order chi connectivity index (χ1) is 6.74. The zero-order valence-corrected chi connectivity index (χ0v) is 7.84. The molecule has 0 saturated heterocycles. The topological polar surface area (TPSA) is 55.8 Å². The number of para-hydroxylation sites is 1. The van der Waals surface area contributed by atoms with Crippen molar-refractivity contribution in [3.8, 4) is 5.75 Å². The Hall–Kier alpha value is -1.55. The van der Waals surface area contributed by atoms with Gasteiger partial charge in [0.1, 0.15) is 12.4 Å². The number of carbonyl (C=O) groups is 1. The number of esters is 1. The number of hydrogen-bond acceptors (Lipinski definition) is 4. The van der Waals surface area contributed by atoms with Crippen LogP contribution < -0.4 is 4.74 Å². The van der Waals surface area contributed by atoms with Gasteiger partial charge in [0.2, 0.25) is 0 Å². The number of rotatable bonds is 4. The van der Waals surface area contributed by atoms with Crippen molar-refractivity contribution in [2.45, 2.75) is 6.10 Å². The number of aliphatic hydroxyl groups is 1. The minimum atomic E-state index is -1.24. The van der Waals surface area contributed by atoms with Crippen molar-refractivity contribution < 1.29 is 19.4 Å². The molecule has 0 aliphatic heterocycles. The molecule has 4 nitrogen and oxygen atoms in total. The van der Waals surface area contributed by atoms with Gasteiger partial charge in [0, 0.05) is 0 Å². The van der Waals surface area contributed by atoms with Crippen LogP contribution in [0.1, 0.15) is 0 Å². The molecule has 1 atom stereocenters. The molecule has 0 fully saturated rings. The highest BCUT2D eigenvalue weighted by Gasteiger charge is 2.15. The van der Waals surface area contributed by atoms with Gasteiger partial charge < -0.3 is 14.6 Å². The van der Waals surface area contributed by atoms with Crippen molar-refractivity contribution >= 4 is 5.97 Å². The maximum absolute atomic E-state index is 10.8. The van der Waals surface area contributed by atoms with Gasteiger partial charge in [-0.15, -0.1) is 0 Å². The van der Waals surface area contributed by atoms with Gasteiger partial charge in [-0.2, -0.15) is 0 Å². The van der Waals surface area contributed by atoms with E-state index in [9.17, 15) is 9.90 Å². The fourth-order valence-electron chi connectivity index (χ4n) is 0.896. The predicted molar refractivity (Wildman–Crippen MR) is 50.0 cm³/mol. The number of aliphatic hydroxyl groups excluding tert-OH is 1. The van der Waals surface area contributed by atoms with Gasteiger partial charge >= 0.3 is 5.97 Å². The first kappa shape index (κ1) is 10.5. The Labute approximate surface area is 82.1 Å². The molecule has 14 heavy (non-hydrogen) atoms. The Kier molecular flexibility index (Phi) is 3.94. The summed E-state index contributed by atoms with van der Waals surface area (Å²) in [6, 6.07) is 8.94. The number of carbonyl (C=O) groups excluding carboxylic acids is 1. The number of methoxy groups -OCH3 is 1. The van der Waals surface area contributed by atoms with E-state index in [1.54, 1.807) is 24.3 Å². The largest absolute Gasteiger partial charge is 0.490 e. The third-order valence-corrected chi connectivity index (χ3v) is 1.62. The fourth-order valence-corrected chi connectivity index (χ4v) is 0.896. The predicted octanol–water partition coefficient (Wildman–Crippen LogP) is 0.599. The van der Waals surface area contributed by atoms with Crippen LogP contribution in [0, 0.1) is 0 Å². The lowest BCUT2D eigenvalue weighted by atomic mass is 10.3. The quantitative estimate of drug-likeness (QED) is 0.716. The van der Waals surface area contributed by atoms with E-state index in [0.29, 0.717) is 5.75 Å². The highest BCUT2D eigenvalue weighted by Crippen LogP contribution is 2.08. The Bertz CT molecular complexity index is 283. The van der Waals surface area contributed by atoms with Crippen molar-refractivity contribution in [3.63, 3.8) is 0 Å². The van der Waals surface area contributed by atoms with E-state index in [1.807, 2.05) is 6.07 Å². The zero-order chi connectivity index (χ0) is 10.4. The third kappa shape index (κ3) is 3.06. The van der Waals surface area contributed by atoms with Crippen LogP contribution in [0.4, 0.5) is 0 Å². The Morgan fingerprint density at radius 1 is 1.43 bits per heavy atom. The third-order valence-electron chi connectivity index (χ3n) is 1.62. The van der Waals surface area contributed by atoms with Gasteiger partial charge in [0.15, 0.2) is 6.10 Å². The molecule has 1 N–H and O–H groups in total. The first-order valence-corrected chi connectivity index (χ1v) is 4.18. The summed E-state index contributed by atoms with van der Waals surface area (Å²) < 4.78 is 9.47. The summed E-state index contributed by atoms with van der Waals surface area (Å²) in [5.74, 6) is -0.0867. The Morgan fingerprint density at radius 2 is 2.07 bits per heavy atom. The van der Waals surface area contributed by atoms with E-state index < -0.39 is 12.1 Å². The molecule has 0 bridgehead atoms. The molecule has 76 valence electrons. The molecule has 1 aromatic carbocycles. The van der Waals surface area contributed by atoms with Gasteiger partial charge in [-0.05, 0) is 12.1 Å². The number of ether oxygens (including phenoxy) is 2. The minimum absolute atomic E-state index is 0.101. The first-order valence-electron chi connectivity index (χ1n) is 4.18. The summed E-state index contributed by atoms with van der Waals surface area (Å²) in [6.45, 7) is -0.101. The van der Waals surface area contributed by atoms with Gasteiger partial charge in [0.25, 0.3) is 0 Å². The minimum Gasteiger partial charge on any atom is -0.490 e. The van der Waals surface area contributed by atoms with Crippen molar-refractivity contribution in [2.24, 2.45) is 0 Å². The maximum atomic E-state index is 10.8. The van der Waals surface area contributed by atoms with Gasteiger partial charge in [-0.3, -0.25) is 0 Å². The Balaban J connectivity index is 2.38. The summed E-state index contributed by atoms with van der Waals surface area (Å²) >= 11 is 0. The van der Waals surface area contributed by atoms with Crippen LogP contribution in [0.25, 0.3) is 0 Å². The highest BCUT2D eigenvalue weighted by atomic mass is 16.5. The average molecular weight is 196 g/mol. The van der Waals surface area contributed by atoms with Crippen molar-refractivity contribution in [1.82, 2.24) is 0 Å². The standard InChI is InChI=1S/C10H12O4/c1-13-10(12)9(11)7-14-8-5-3-2-4-6-8/h2-6,9,11H,7H2,1H3/t9-/m1/s1. The SMILES string of the molecule is COC(=O)[C@H](O)COc1ccccc1. The Morgan fingerprint density at radius 3 is 2.64 bits per heavy atom. The van der Waals surface area contributed by atoms with E-state index in [4.69, 9.17) is 4.74 Å². The second kappa shape index (κ2) is 5.24. The molecule has 0 aromatic heterocycles. The second-order valence-electron chi connectivity index (χ2n) is 2.66. The van der Waals surface area contributed by atoms with Crippen LogP contribution in [0.2, 0.25) is 0 Å². The van der Waals surface area contributed by atoms with Crippen molar-refractivity contribution in [3.05, 3.63) is 30.3 Å². The lowest BCUT2D eigenvalue weighted by molar-refractivity contribution is -0.151. The lowest BCUT2D eigenvalue weighted by Gasteiger charge is -2.09. The molecular formula is C10H12O4. The summed E-state index contributed by atoms with van der Waals surface area (Å²) in [5, 5.41) is 9.18. The van der Waals surface area contributed by atoms with Crippen molar-refractivity contribution in [2.75, 3.05) is 13.7 Å². The summed E-state index contributed by atoms with van der Waals surface area (Å²) in [6.07, 6.45) is -1.24. The van der Waals surface area contributed by atoms with Gasteiger partial charge in [0.05, 0.1) is 7.11 Å². The fraction of sp³-hybridized carbons (Fsp3) is 0.300. The van der Waals surface area contributed by atoms with E-state index in [0.717, 1.165) is 0 Å². The summed E-state index contributed by atoms with van der Waals surface area (Å²) in [4.78, 5) is 10.8. The zero-order valence-electron chi connectivity index (χ0n) is 7.84. The van der Waals surface area contributed by atoms with Crippen LogP contribution in [0.5, 0.6) is 5.75 Å². The molecule has 4 heteroatoms. The molecule has 0 spiro atoms. The molecule has 0 amide bonds. The van der Waals surface area contributed by atoms with Crippen LogP contribution in [0.3, 0.4) is 0 Å². The van der Waals surface area contributed by atoms with E-state index in [2.05, 4.69) is 4.74 Å². The number of hydrogen-bond donors (Lipinski definition) is 1. The maximum Gasteiger partial charge on any atom is 0.338 e. The molecule has 0 aliphatic rings. The molecule has 1 rings (SSSR count). The molecule has 1 aromatic rings. The van der Waals surface area contributed by atoms with E-state index in [1.165, 1.54) is 7.11 Å². The smallest absolute Gasteiger partial charge is 0.338 e. The summed E-state index contributed by atoms with van der Waals surface area (Å²) in [7, 11) is 1.22. The second-order valence-corrected chi connectivity index (χ2v) is 2.66. The molecule has 0 aliphatic carbocycles. The van der Waals surface area contributed by atoms with E-state index in [-0.39, 0.29) is 6.61 Å². The van der Waals surface area contributed by atoms with Gasteiger partial charge in [-0.25, -0.2) is 4.79 Å². The lowest BCUT2D eigenvalue weighted by Crippen LogP contribution is -2.28. The van der Waals surface area contributed by atoms with E-state index >= 15 is 0 Å². The molecular weight excluding hydrogens is 184 g/mol. The van der Waals surface area contributed by atoms with Crippen LogP contribution in [-0.4, -0.2) is 30.9 Å². The van der Waals surface area contributed by atoms with Crippen LogP contribution >= 0.6 is 0 Å². The molecule has 0 heterocycles. The molecule has 0 radical (unpaired) electrons. The van der Waals surface area contributed by atoms with Crippen LogP contribution in [0.15, 0.2) is 30.3 Å². The molecule has 0 unspecified atom stereocenters.